The maximum atomic E-state index is 11.9. The second kappa shape index (κ2) is 7.85. The van der Waals surface area contributed by atoms with Crippen molar-refractivity contribution in [2.75, 3.05) is 19.5 Å². The van der Waals surface area contributed by atoms with E-state index >= 15 is 0 Å². The van der Waals surface area contributed by atoms with Crippen LogP contribution in [0.25, 0.3) is 11.2 Å². The number of imidazole rings is 1. The van der Waals surface area contributed by atoms with Gasteiger partial charge in [-0.25, -0.2) is 14.1 Å². The summed E-state index contributed by atoms with van der Waals surface area (Å²) in [6, 6.07) is 0. The van der Waals surface area contributed by atoms with Crippen molar-refractivity contribution in [2.24, 2.45) is 0 Å². The SMILES string of the molecule is CO[C@H]1[C@@H](O)[C@H](n2cnc3c(=O)[nH]c(N)nc32)O[C@@H]1COP(=O)(O)OP(=O)(O)O. The van der Waals surface area contributed by atoms with Gasteiger partial charge in [0.25, 0.3) is 5.56 Å². The van der Waals surface area contributed by atoms with Gasteiger partial charge in [-0.1, -0.05) is 0 Å². The third-order valence-corrected chi connectivity index (χ3v) is 6.07. The number of hydrogen-bond donors (Lipinski definition) is 6. The minimum Gasteiger partial charge on any atom is -0.386 e. The van der Waals surface area contributed by atoms with Crippen LogP contribution in [0, 0.1) is 0 Å². The first-order valence-corrected chi connectivity index (χ1v) is 10.8. The lowest BCUT2D eigenvalue weighted by Crippen LogP contribution is -2.35. The maximum Gasteiger partial charge on any atom is 0.481 e. The summed E-state index contributed by atoms with van der Waals surface area (Å²) in [6.07, 6.45) is -3.66. The number of phosphoric acid groups is 2. The summed E-state index contributed by atoms with van der Waals surface area (Å²) in [5.74, 6) is -0.198. The first-order valence-electron chi connectivity index (χ1n) is 7.75. The Labute approximate surface area is 161 Å². The number of fused-ring (bicyclic) bond motifs is 1. The number of aliphatic hydroxyl groups is 1. The molecule has 162 valence electrons. The van der Waals surface area contributed by atoms with Crippen molar-refractivity contribution in [3.63, 3.8) is 0 Å². The van der Waals surface area contributed by atoms with Crippen LogP contribution in [0.2, 0.25) is 0 Å². The van der Waals surface area contributed by atoms with E-state index in [4.69, 9.17) is 25.0 Å². The molecule has 1 aliphatic heterocycles. The Hall–Kier alpha value is -1.71. The minimum atomic E-state index is -5.30. The third kappa shape index (κ3) is 4.73. The van der Waals surface area contributed by atoms with Gasteiger partial charge in [-0.05, 0) is 0 Å². The number of nitrogens with zero attached hydrogens (tertiary/aromatic N) is 3. The fourth-order valence-electron chi connectivity index (χ4n) is 2.83. The summed E-state index contributed by atoms with van der Waals surface area (Å²) in [6.45, 7) is -0.734. The number of phosphoric ester groups is 1. The quantitative estimate of drug-likeness (QED) is 0.251. The number of aromatic nitrogens is 4. The second-order valence-corrected chi connectivity index (χ2v) is 8.70. The van der Waals surface area contributed by atoms with E-state index in [-0.39, 0.29) is 17.1 Å². The number of aromatic amines is 1. The zero-order valence-corrected chi connectivity index (χ0v) is 16.3. The van der Waals surface area contributed by atoms with E-state index in [0.717, 1.165) is 0 Å². The Balaban J connectivity index is 1.83. The van der Waals surface area contributed by atoms with E-state index in [1.807, 2.05) is 0 Å². The van der Waals surface area contributed by atoms with Crippen molar-refractivity contribution in [3.05, 3.63) is 16.7 Å². The molecule has 1 saturated heterocycles. The molecule has 3 heterocycles. The zero-order valence-electron chi connectivity index (χ0n) is 14.6. The predicted molar refractivity (Wildman–Crippen MR) is 92.2 cm³/mol. The highest BCUT2D eigenvalue weighted by molar-refractivity contribution is 7.60. The molecular formula is C11H17N5O11P2. The van der Waals surface area contributed by atoms with E-state index in [2.05, 4.69) is 23.8 Å². The molecule has 1 unspecified atom stereocenters. The Kier molecular flexibility index (Phi) is 5.95. The molecule has 29 heavy (non-hydrogen) atoms. The Morgan fingerprint density at radius 3 is 2.69 bits per heavy atom. The van der Waals surface area contributed by atoms with Crippen LogP contribution in [-0.2, 0) is 27.4 Å². The molecule has 18 heteroatoms. The number of ether oxygens (including phenoxy) is 2. The number of nitrogen functional groups attached to an aromatic ring is 1. The fourth-order valence-corrected chi connectivity index (χ4v) is 4.43. The van der Waals surface area contributed by atoms with Crippen molar-refractivity contribution in [3.8, 4) is 0 Å². The van der Waals surface area contributed by atoms with Gasteiger partial charge >= 0.3 is 15.6 Å². The molecule has 0 saturated carbocycles. The summed E-state index contributed by atoms with van der Waals surface area (Å²) in [5, 5.41) is 10.5. The van der Waals surface area contributed by atoms with Gasteiger partial charge in [0.05, 0.1) is 12.9 Å². The molecule has 16 nitrogen and oxygen atoms in total. The largest absolute Gasteiger partial charge is 0.481 e. The lowest BCUT2D eigenvalue weighted by atomic mass is 10.1. The fraction of sp³-hybridized carbons (Fsp3) is 0.545. The van der Waals surface area contributed by atoms with Gasteiger partial charge in [0.2, 0.25) is 5.95 Å². The Morgan fingerprint density at radius 1 is 1.38 bits per heavy atom. The third-order valence-electron chi connectivity index (χ3n) is 3.92. The van der Waals surface area contributed by atoms with Gasteiger partial charge in [0, 0.05) is 7.11 Å². The molecule has 1 aliphatic rings. The number of aliphatic hydroxyl groups excluding tert-OH is 1. The standard InChI is InChI=1S/C11H17N5O11P2/c1-24-7-4(2-25-29(22,23)27-28(19,20)21)26-10(6(7)17)16-3-13-5-8(16)14-11(12)15-9(5)18/h3-4,6-7,10,17H,2H2,1H3,(H,22,23)(H2,19,20,21)(H3,12,14,15,18)/t4-,6-,7-,10-/m1/s1. The maximum absolute atomic E-state index is 11.9. The van der Waals surface area contributed by atoms with Gasteiger partial charge in [-0.15, -0.1) is 0 Å². The van der Waals surface area contributed by atoms with E-state index in [1.54, 1.807) is 0 Å². The first kappa shape index (κ1) is 22.0. The van der Waals surface area contributed by atoms with Crippen LogP contribution in [0.5, 0.6) is 0 Å². The monoisotopic (exact) mass is 457 g/mol. The number of nitrogens with two attached hydrogens (primary N) is 1. The van der Waals surface area contributed by atoms with Crippen molar-refractivity contribution < 1.29 is 47.2 Å². The van der Waals surface area contributed by atoms with Crippen molar-refractivity contribution in [1.29, 1.82) is 0 Å². The highest BCUT2D eigenvalue weighted by Crippen LogP contribution is 2.57. The van der Waals surface area contributed by atoms with Gasteiger partial charge in [0.15, 0.2) is 17.4 Å². The molecule has 0 aliphatic carbocycles. The molecule has 0 aromatic carbocycles. The van der Waals surface area contributed by atoms with E-state index in [0.29, 0.717) is 0 Å². The number of rotatable bonds is 7. The smallest absolute Gasteiger partial charge is 0.386 e. The number of nitrogens with one attached hydrogen (secondary N) is 1. The van der Waals surface area contributed by atoms with Crippen LogP contribution < -0.4 is 11.3 Å². The minimum absolute atomic E-state index is 0.00406. The lowest BCUT2D eigenvalue weighted by molar-refractivity contribution is -0.0526. The second-order valence-electron chi connectivity index (χ2n) is 5.87. The van der Waals surface area contributed by atoms with E-state index < -0.39 is 52.4 Å². The van der Waals surface area contributed by atoms with Crippen molar-refractivity contribution in [1.82, 2.24) is 19.5 Å². The molecule has 0 amide bonds. The van der Waals surface area contributed by atoms with Crippen molar-refractivity contribution >= 4 is 32.8 Å². The molecule has 1 fully saturated rings. The molecule has 0 spiro atoms. The predicted octanol–water partition coefficient (Wildman–Crippen LogP) is -1.80. The highest BCUT2D eigenvalue weighted by Gasteiger charge is 2.47. The summed E-state index contributed by atoms with van der Waals surface area (Å²) in [5.41, 5.74) is 4.84. The lowest BCUT2D eigenvalue weighted by Gasteiger charge is -2.19. The topological polar surface area (TPSA) is 242 Å². The molecule has 0 radical (unpaired) electrons. The van der Waals surface area contributed by atoms with Gasteiger partial charge in [-0.3, -0.25) is 18.9 Å². The van der Waals surface area contributed by atoms with Crippen LogP contribution in [0.1, 0.15) is 6.23 Å². The Morgan fingerprint density at radius 2 is 2.07 bits per heavy atom. The van der Waals surface area contributed by atoms with Crippen molar-refractivity contribution in [2.45, 2.75) is 24.5 Å². The van der Waals surface area contributed by atoms with Crippen LogP contribution >= 0.6 is 15.6 Å². The molecular weight excluding hydrogens is 440 g/mol. The molecule has 2 aromatic rings. The van der Waals surface area contributed by atoms with Crippen LogP contribution in [-0.4, -0.2) is 71.3 Å². The van der Waals surface area contributed by atoms with Gasteiger partial charge < -0.3 is 35.0 Å². The van der Waals surface area contributed by atoms with Gasteiger partial charge in [0.1, 0.15) is 18.3 Å². The number of H-pyrrole nitrogens is 1. The summed E-state index contributed by atoms with van der Waals surface area (Å²) in [4.78, 5) is 48.6. The van der Waals surface area contributed by atoms with Crippen LogP contribution in [0.4, 0.5) is 5.95 Å². The van der Waals surface area contributed by atoms with Crippen LogP contribution in [0.3, 0.4) is 0 Å². The van der Waals surface area contributed by atoms with E-state index in [1.165, 1.54) is 18.0 Å². The molecule has 0 bridgehead atoms. The highest BCUT2D eigenvalue weighted by atomic mass is 31.3. The van der Waals surface area contributed by atoms with Crippen LogP contribution in [0.15, 0.2) is 11.1 Å². The summed E-state index contributed by atoms with van der Waals surface area (Å²) >= 11 is 0. The van der Waals surface area contributed by atoms with E-state index in [9.17, 15) is 23.9 Å². The summed E-state index contributed by atoms with van der Waals surface area (Å²) in [7, 11) is -9.20. The molecule has 3 rings (SSSR count). The number of hydrogen-bond acceptors (Lipinski definition) is 11. The number of anilines is 1. The number of methoxy groups -OCH3 is 1. The summed E-state index contributed by atoms with van der Waals surface area (Å²) < 4.78 is 42.4. The average Bonchev–Trinajstić information content (AvgIpc) is 3.11. The van der Waals surface area contributed by atoms with Gasteiger partial charge in [-0.2, -0.15) is 9.29 Å². The zero-order chi connectivity index (χ0) is 21.6. The molecule has 7 N–H and O–H groups in total. The normalized spacial score (nSPS) is 27.3. The first-order chi connectivity index (χ1) is 13.4. The molecule has 5 atom stereocenters. The Bertz CT molecular complexity index is 1050. The average molecular weight is 457 g/mol. The molecule has 2 aromatic heterocycles.